The standard InChI is InChI=1S/C14H15ClFNO/c1-8(2)9(3)14(18)12(7-17)11-5-4-10(16)6-13(11)15/h4-6,8-9,12H,1-3H3. The summed E-state index contributed by atoms with van der Waals surface area (Å²) in [5, 5.41) is 9.27. The van der Waals surface area contributed by atoms with Gasteiger partial charge in [0.1, 0.15) is 11.7 Å². The van der Waals surface area contributed by atoms with Gasteiger partial charge in [-0.1, -0.05) is 38.4 Å². The summed E-state index contributed by atoms with van der Waals surface area (Å²) in [5.41, 5.74) is 0.373. The van der Waals surface area contributed by atoms with E-state index in [0.717, 1.165) is 6.07 Å². The van der Waals surface area contributed by atoms with Crippen molar-refractivity contribution < 1.29 is 9.18 Å². The molecule has 0 aliphatic rings. The van der Waals surface area contributed by atoms with E-state index in [1.165, 1.54) is 12.1 Å². The van der Waals surface area contributed by atoms with Crippen LogP contribution in [0.4, 0.5) is 4.39 Å². The van der Waals surface area contributed by atoms with Crippen LogP contribution in [-0.4, -0.2) is 5.78 Å². The van der Waals surface area contributed by atoms with E-state index in [4.69, 9.17) is 16.9 Å². The molecule has 0 saturated carbocycles. The van der Waals surface area contributed by atoms with Crippen molar-refractivity contribution in [3.63, 3.8) is 0 Å². The van der Waals surface area contributed by atoms with Crippen LogP contribution in [0, 0.1) is 29.0 Å². The Morgan fingerprint density at radius 1 is 1.39 bits per heavy atom. The lowest BCUT2D eigenvalue weighted by Crippen LogP contribution is -2.23. The summed E-state index contributed by atoms with van der Waals surface area (Å²) in [6, 6.07) is 5.68. The average Bonchev–Trinajstić information content (AvgIpc) is 2.31. The fraction of sp³-hybridized carbons (Fsp3) is 0.429. The van der Waals surface area contributed by atoms with Crippen LogP contribution in [0.5, 0.6) is 0 Å². The van der Waals surface area contributed by atoms with Crippen molar-refractivity contribution in [2.75, 3.05) is 0 Å². The Morgan fingerprint density at radius 3 is 2.44 bits per heavy atom. The summed E-state index contributed by atoms with van der Waals surface area (Å²) in [5.74, 6) is -1.69. The third-order valence-electron chi connectivity index (χ3n) is 3.14. The van der Waals surface area contributed by atoms with Gasteiger partial charge in [0.15, 0.2) is 5.78 Å². The Kier molecular flexibility index (Phi) is 4.86. The lowest BCUT2D eigenvalue weighted by molar-refractivity contribution is -0.123. The number of hydrogen-bond donors (Lipinski definition) is 0. The number of carbonyl (C=O) groups is 1. The molecule has 0 N–H and O–H groups in total. The van der Waals surface area contributed by atoms with Crippen LogP contribution in [0.2, 0.25) is 5.02 Å². The van der Waals surface area contributed by atoms with E-state index in [9.17, 15) is 9.18 Å². The topological polar surface area (TPSA) is 40.9 Å². The third kappa shape index (κ3) is 3.08. The Bertz CT molecular complexity index is 493. The number of Topliss-reactive ketones (excluding diaryl/α,β-unsaturated/α-hetero) is 1. The Morgan fingerprint density at radius 2 is 2.00 bits per heavy atom. The van der Waals surface area contributed by atoms with Gasteiger partial charge in [-0.25, -0.2) is 4.39 Å². The van der Waals surface area contributed by atoms with E-state index in [2.05, 4.69) is 0 Å². The van der Waals surface area contributed by atoms with Gasteiger partial charge >= 0.3 is 0 Å². The van der Waals surface area contributed by atoms with Gasteiger partial charge in [0.05, 0.1) is 6.07 Å². The van der Waals surface area contributed by atoms with E-state index in [0.29, 0.717) is 5.56 Å². The van der Waals surface area contributed by atoms with Crippen molar-refractivity contribution in [2.45, 2.75) is 26.7 Å². The van der Waals surface area contributed by atoms with Crippen molar-refractivity contribution in [3.05, 3.63) is 34.6 Å². The van der Waals surface area contributed by atoms with Crippen LogP contribution < -0.4 is 0 Å². The summed E-state index contributed by atoms with van der Waals surface area (Å²) < 4.78 is 13.0. The largest absolute Gasteiger partial charge is 0.298 e. The molecule has 0 spiro atoms. The van der Waals surface area contributed by atoms with E-state index >= 15 is 0 Å². The van der Waals surface area contributed by atoms with E-state index in [1.54, 1.807) is 6.92 Å². The molecule has 0 aromatic heterocycles. The number of nitrogens with zero attached hydrogens (tertiary/aromatic N) is 1. The molecule has 96 valence electrons. The molecule has 0 bridgehead atoms. The third-order valence-corrected chi connectivity index (χ3v) is 3.46. The predicted molar refractivity (Wildman–Crippen MR) is 68.8 cm³/mol. The minimum Gasteiger partial charge on any atom is -0.298 e. The molecule has 0 aliphatic heterocycles. The highest BCUT2D eigenvalue weighted by molar-refractivity contribution is 6.31. The molecule has 0 aliphatic carbocycles. The molecule has 0 amide bonds. The normalized spacial score (nSPS) is 14.1. The van der Waals surface area contributed by atoms with Crippen molar-refractivity contribution in [1.82, 2.24) is 0 Å². The number of benzene rings is 1. The molecular weight excluding hydrogens is 253 g/mol. The number of carbonyl (C=O) groups excluding carboxylic acids is 1. The predicted octanol–water partition coefficient (Wildman–Crippen LogP) is 3.95. The summed E-state index contributed by atoms with van der Waals surface area (Å²) in [6.07, 6.45) is 0. The van der Waals surface area contributed by atoms with Gasteiger partial charge < -0.3 is 0 Å². The minimum absolute atomic E-state index is 0.117. The number of ketones is 1. The minimum atomic E-state index is -0.935. The van der Waals surface area contributed by atoms with Crippen molar-refractivity contribution in [1.29, 1.82) is 5.26 Å². The maximum Gasteiger partial charge on any atom is 0.157 e. The first-order chi connectivity index (χ1) is 8.38. The molecule has 1 rings (SSSR count). The van der Waals surface area contributed by atoms with Crippen LogP contribution in [0.1, 0.15) is 32.3 Å². The van der Waals surface area contributed by atoms with Crippen molar-refractivity contribution >= 4 is 17.4 Å². The molecule has 1 aromatic carbocycles. The van der Waals surface area contributed by atoms with Crippen molar-refractivity contribution in [3.8, 4) is 6.07 Å². The summed E-state index contributed by atoms with van der Waals surface area (Å²) in [4.78, 5) is 12.2. The number of hydrogen-bond acceptors (Lipinski definition) is 2. The molecular formula is C14H15ClFNO. The molecule has 0 heterocycles. The summed E-state index contributed by atoms with van der Waals surface area (Å²) in [6.45, 7) is 5.63. The molecule has 2 nitrogen and oxygen atoms in total. The van der Waals surface area contributed by atoms with Crippen LogP contribution in [0.25, 0.3) is 0 Å². The van der Waals surface area contributed by atoms with Crippen LogP contribution in [0.15, 0.2) is 18.2 Å². The summed E-state index contributed by atoms with van der Waals surface area (Å²) >= 11 is 5.89. The summed E-state index contributed by atoms with van der Waals surface area (Å²) in [7, 11) is 0. The maximum atomic E-state index is 13.0. The van der Waals surface area contributed by atoms with E-state index in [-0.39, 0.29) is 22.6 Å². The van der Waals surface area contributed by atoms with Gasteiger partial charge in [-0.05, 0) is 23.6 Å². The Balaban J connectivity index is 3.11. The molecule has 0 saturated heterocycles. The lowest BCUT2D eigenvalue weighted by atomic mass is 9.84. The number of nitriles is 1. The van der Waals surface area contributed by atoms with Gasteiger partial charge in [-0.3, -0.25) is 4.79 Å². The zero-order valence-corrected chi connectivity index (χ0v) is 11.3. The second kappa shape index (κ2) is 5.97. The fourth-order valence-corrected chi connectivity index (χ4v) is 1.89. The SMILES string of the molecule is CC(C)C(C)C(=O)C(C#N)c1ccc(F)cc1Cl. The van der Waals surface area contributed by atoms with Gasteiger partial charge in [0.25, 0.3) is 0 Å². The molecule has 1 aromatic rings. The zero-order chi connectivity index (χ0) is 13.9. The molecule has 18 heavy (non-hydrogen) atoms. The van der Waals surface area contributed by atoms with Crippen LogP contribution in [-0.2, 0) is 4.79 Å². The second-order valence-corrected chi connectivity index (χ2v) is 5.07. The molecule has 4 heteroatoms. The highest BCUT2D eigenvalue weighted by Crippen LogP contribution is 2.29. The Labute approximate surface area is 111 Å². The highest BCUT2D eigenvalue weighted by Gasteiger charge is 2.28. The maximum absolute atomic E-state index is 13.0. The molecule has 2 unspecified atom stereocenters. The highest BCUT2D eigenvalue weighted by atomic mass is 35.5. The zero-order valence-electron chi connectivity index (χ0n) is 10.6. The molecule has 2 atom stereocenters. The van der Waals surface area contributed by atoms with Gasteiger partial charge in [-0.2, -0.15) is 5.26 Å². The number of halogens is 2. The molecule has 0 radical (unpaired) electrons. The van der Waals surface area contributed by atoms with Crippen molar-refractivity contribution in [2.24, 2.45) is 11.8 Å². The smallest absolute Gasteiger partial charge is 0.157 e. The van der Waals surface area contributed by atoms with Crippen LogP contribution in [0.3, 0.4) is 0 Å². The van der Waals surface area contributed by atoms with E-state index in [1.807, 2.05) is 19.9 Å². The van der Waals surface area contributed by atoms with Crippen LogP contribution >= 0.6 is 11.6 Å². The van der Waals surface area contributed by atoms with E-state index < -0.39 is 11.7 Å². The van der Waals surface area contributed by atoms with Gasteiger partial charge in [0, 0.05) is 10.9 Å². The monoisotopic (exact) mass is 267 g/mol. The van der Waals surface area contributed by atoms with Gasteiger partial charge in [0.2, 0.25) is 0 Å². The van der Waals surface area contributed by atoms with Gasteiger partial charge in [-0.15, -0.1) is 0 Å². The Hall–Kier alpha value is -1.40. The lowest BCUT2D eigenvalue weighted by Gasteiger charge is -2.18. The first kappa shape index (κ1) is 14.7. The quantitative estimate of drug-likeness (QED) is 0.829. The first-order valence-electron chi connectivity index (χ1n) is 5.76. The fourth-order valence-electron chi connectivity index (χ4n) is 1.61. The second-order valence-electron chi connectivity index (χ2n) is 4.66. The first-order valence-corrected chi connectivity index (χ1v) is 6.14. The average molecular weight is 268 g/mol. The number of rotatable bonds is 4. The molecule has 0 fully saturated rings.